The fourth-order valence-electron chi connectivity index (χ4n) is 5.17. The van der Waals surface area contributed by atoms with Crippen molar-refractivity contribution in [1.82, 2.24) is 10.2 Å². The lowest BCUT2D eigenvalue weighted by Crippen LogP contribution is -2.52. The maximum Gasteiger partial charge on any atom is 0.328 e. The molecule has 164 valence electrons. The van der Waals surface area contributed by atoms with Crippen LogP contribution in [-0.4, -0.2) is 41.4 Å². The summed E-state index contributed by atoms with van der Waals surface area (Å²) in [4.78, 5) is 21.9. The molecule has 3 fully saturated rings. The number of rotatable bonds is 4. The van der Waals surface area contributed by atoms with Crippen molar-refractivity contribution >= 4 is 28.9 Å². The molecule has 1 N–H and O–H groups in total. The topological polar surface area (TPSA) is 47.9 Å². The van der Waals surface area contributed by atoms with Gasteiger partial charge < -0.3 is 0 Å². The molecule has 2 aromatic rings. The van der Waals surface area contributed by atoms with Crippen molar-refractivity contribution in [2.75, 3.05) is 18.0 Å². The normalized spacial score (nSPS) is 26.3. The number of nitrogens with zero attached hydrogens (tertiary/aromatic N) is 3. The Morgan fingerprint density at radius 3 is 2.65 bits per heavy atom. The summed E-state index contributed by atoms with van der Waals surface area (Å²) >= 11 is 1.66. The monoisotopic (exact) mass is 444 g/mol. The van der Waals surface area contributed by atoms with Gasteiger partial charge in [-0.3, -0.25) is 20.1 Å². The Bertz CT molecular complexity index is 969. The fraction of sp³-hybridized carbons (Fsp3) is 0.478. The van der Waals surface area contributed by atoms with E-state index in [0.717, 1.165) is 44.8 Å². The molecule has 31 heavy (non-hydrogen) atoms. The van der Waals surface area contributed by atoms with Gasteiger partial charge >= 0.3 is 6.03 Å². The van der Waals surface area contributed by atoms with E-state index in [1.54, 1.807) is 11.3 Å². The van der Waals surface area contributed by atoms with Crippen molar-refractivity contribution in [3.05, 3.63) is 52.2 Å². The van der Waals surface area contributed by atoms with Crippen LogP contribution in [0.5, 0.6) is 0 Å². The first-order chi connectivity index (χ1) is 15.0. The van der Waals surface area contributed by atoms with Crippen molar-refractivity contribution in [1.29, 1.82) is 0 Å². The number of hydrogen-bond donors (Lipinski definition) is 1. The van der Waals surface area contributed by atoms with Crippen molar-refractivity contribution < 1.29 is 13.6 Å². The number of aliphatic imine (C=N–C) groups is 1. The molecule has 1 aromatic heterocycles. The van der Waals surface area contributed by atoms with E-state index in [1.165, 1.54) is 29.0 Å². The molecular weight excluding hydrogens is 418 g/mol. The molecule has 5 nitrogen and oxygen atoms in total. The molecule has 0 radical (unpaired) electrons. The Kier molecular flexibility index (Phi) is 5.52. The van der Waals surface area contributed by atoms with E-state index in [2.05, 4.69) is 27.0 Å². The SMILES string of the molecule is O=C1NC(=NC2CCCCC2)C2(CCN(Cc3ccsc3)C2)N1c1cc(F)cc(F)c1. The zero-order valence-electron chi connectivity index (χ0n) is 17.3. The standard InChI is InChI=1S/C23H26F2N4OS/c24-17-10-18(25)12-20(11-17)29-22(30)27-21(26-19-4-2-1-3-5-19)23(29)7-8-28(15-23)13-16-6-9-31-14-16/h6,9-12,14,19H,1-5,7-8,13,15H2,(H,26,27,30). The van der Waals surface area contributed by atoms with Crippen molar-refractivity contribution in [3.63, 3.8) is 0 Å². The van der Waals surface area contributed by atoms with E-state index in [4.69, 9.17) is 4.99 Å². The maximum atomic E-state index is 14.0. The van der Waals surface area contributed by atoms with Crippen LogP contribution in [0.3, 0.4) is 0 Å². The highest BCUT2D eigenvalue weighted by Crippen LogP contribution is 2.39. The zero-order valence-corrected chi connectivity index (χ0v) is 18.1. The van der Waals surface area contributed by atoms with Crippen LogP contribution in [-0.2, 0) is 6.54 Å². The quantitative estimate of drug-likeness (QED) is 0.727. The predicted molar refractivity (Wildman–Crippen MR) is 119 cm³/mol. The summed E-state index contributed by atoms with van der Waals surface area (Å²) in [5.41, 5.74) is 0.736. The number of anilines is 1. The van der Waals surface area contributed by atoms with Gasteiger partial charge in [0.2, 0.25) is 0 Å². The largest absolute Gasteiger partial charge is 0.328 e. The van der Waals surface area contributed by atoms with Crippen molar-refractivity contribution in [2.24, 2.45) is 4.99 Å². The van der Waals surface area contributed by atoms with Gasteiger partial charge in [-0.05, 0) is 53.8 Å². The number of nitrogens with one attached hydrogen (secondary N) is 1. The molecule has 5 rings (SSSR count). The van der Waals surface area contributed by atoms with Gasteiger partial charge in [-0.15, -0.1) is 0 Å². The predicted octanol–water partition coefficient (Wildman–Crippen LogP) is 4.93. The Morgan fingerprint density at radius 2 is 1.94 bits per heavy atom. The van der Waals surface area contributed by atoms with Crippen molar-refractivity contribution in [2.45, 2.75) is 56.7 Å². The summed E-state index contributed by atoms with van der Waals surface area (Å²) in [6, 6.07) is 5.22. The van der Waals surface area contributed by atoms with Gasteiger partial charge in [0, 0.05) is 25.7 Å². The summed E-state index contributed by atoms with van der Waals surface area (Å²) in [6.45, 7) is 2.13. The number of hydrogen-bond acceptors (Lipinski definition) is 4. The molecule has 0 bridgehead atoms. The smallest absolute Gasteiger partial charge is 0.296 e. The van der Waals surface area contributed by atoms with Crippen LogP contribution in [0.2, 0.25) is 0 Å². The molecule has 1 aromatic carbocycles. The number of halogens is 2. The second kappa shape index (κ2) is 8.31. The Labute approximate surface area is 184 Å². The van der Waals surface area contributed by atoms with Gasteiger partial charge in [0.25, 0.3) is 0 Å². The minimum absolute atomic E-state index is 0.191. The Morgan fingerprint density at radius 1 is 1.16 bits per heavy atom. The van der Waals surface area contributed by atoms with E-state index < -0.39 is 17.2 Å². The average molecular weight is 445 g/mol. The molecule has 1 saturated carbocycles. The second-order valence-corrected chi connectivity index (χ2v) is 9.57. The van der Waals surface area contributed by atoms with Crippen LogP contribution < -0.4 is 10.2 Å². The molecule has 1 atom stereocenters. The van der Waals surface area contributed by atoms with Crippen LogP contribution in [0.25, 0.3) is 0 Å². The first-order valence-corrected chi connectivity index (χ1v) is 11.9. The summed E-state index contributed by atoms with van der Waals surface area (Å²) in [5.74, 6) is -0.727. The average Bonchev–Trinajstić information content (AvgIpc) is 3.44. The number of benzene rings is 1. The lowest BCUT2D eigenvalue weighted by molar-refractivity contribution is 0.250. The number of urea groups is 1. The molecule has 3 heterocycles. The molecule has 3 aliphatic rings. The van der Waals surface area contributed by atoms with Gasteiger partial charge in [0.15, 0.2) is 0 Å². The Hall–Kier alpha value is -2.32. The van der Waals surface area contributed by atoms with E-state index in [1.807, 2.05) is 0 Å². The third kappa shape index (κ3) is 3.99. The molecule has 2 aliphatic heterocycles. The van der Waals surface area contributed by atoms with E-state index >= 15 is 0 Å². The first kappa shape index (κ1) is 20.6. The lowest BCUT2D eigenvalue weighted by Gasteiger charge is -2.34. The van der Waals surface area contributed by atoms with Crippen molar-refractivity contribution in [3.8, 4) is 0 Å². The summed E-state index contributed by atoms with van der Waals surface area (Å²) in [6.07, 6.45) is 6.21. The number of thiophene rings is 1. The zero-order chi connectivity index (χ0) is 21.4. The Balaban J connectivity index is 1.52. The lowest BCUT2D eigenvalue weighted by atomic mass is 9.93. The molecule has 1 aliphatic carbocycles. The molecule has 1 spiro atoms. The van der Waals surface area contributed by atoms with Gasteiger partial charge in [0.05, 0.1) is 11.7 Å². The maximum absolute atomic E-state index is 14.0. The third-order valence-corrected chi connectivity index (χ3v) is 7.33. The number of amidine groups is 1. The van der Waals surface area contributed by atoms with Crippen LogP contribution in [0.15, 0.2) is 40.0 Å². The van der Waals surface area contributed by atoms with Crippen LogP contribution in [0.4, 0.5) is 19.3 Å². The molecular formula is C23H26F2N4OS. The van der Waals surface area contributed by atoms with Crippen LogP contribution in [0.1, 0.15) is 44.1 Å². The minimum Gasteiger partial charge on any atom is -0.296 e. The minimum atomic E-state index is -0.731. The van der Waals surface area contributed by atoms with Gasteiger partial charge in [-0.25, -0.2) is 13.6 Å². The fourth-order valence-corrected chi connectivity index (χ4v) is 5.83. The summed E-state index contributed by atoms with van der Waals surface area (Å²) in [5, 5.41) is 7.15. The van der Waals surface area contributed by atoms with E-state index in [-0.39, 0.29) is 17.8 Å². The second-order valence-electron chi connectivity index (χ2n) is 8.79. The van der Waals surface area contributed by atoms with Crippen LogP contribution >= 0.6 is 11.3 Å². The van der Waals surface area contributed by atoms with Gasteiger partial charge in [-0.2, -0.15) is 11.3 Å². The van der Waals surface area contributed by atoms with E-state index in [0.29, 0.717) is 18.8 Å². The number of carbonyl (C=O) groups is 1. The van der Waals surface area contributed by atoms with Gasteiger partial charge in [0.1, 0.15) is 23.0 Å². The molecule has 2 saturated heterocycles. The summed E-state index contributed by atoms with van der Waals surface area (Å²) < 4.78 is 28.1. The number of likely N-dealkylation sites (tertiary alicyclic amines) is 1. The van der Waals surface area contributed by atoms with Crippen LogP contribution in [0, 0.1) is 11.6 Å². The highest BCUT2D eigenvalue weighted by molar-refractivity contribution is 7.07. The first-order valence-electron chi connectivity index (χ1n) is 10.9. The molecule has 1 unspecified atom stereocenters. The number of carbonyl (C=O) groups excluding carboxylic acids is 1. The highest BCUT2D eigenvalue weighted by Gasteiger charge is 2.55. The molecule has 8 heteroatoms. The highest BCUT2D eigenvalue weighted by atomic mass is 32.1. The third-order valence-electron chi connectivity index (χ3n) is 6.60. The number of amides is 2. The van der Waals surface area contributed by atoms with E-state index in [9.17, 15) is 13.6 Å². The van der Waals surface area contributed by atoms with Gasteiger partial charge in [-0.1, -0.05) is 19.3 Å². The molecule has 2 amide bonds. The summed E-state index contributed by atoms with van der Waals surface area (Å²) in [7, 11) is 0.